The summed E-state index contributed by atoms with van der Waals surface area (Å²) in [5.74, 6) is 0.744. The molecule has 0 saturated heterocycles. The second-order valence-corrected chi connectivity index (χ2v) is 6.21. The molecule has 2 aliphatic rings. The van der Waals surface area contributed by atoms with E-state index in [0.717, 1.165) is 32.1 Å². The quantitative estimate of drug-likeness (QED) is 0.620. The number of carbonyl (C=O) groups is 1. The van der Waals surface area contributed by atoms with E-state index >= 15 is 0 Å². The zero-order chi connectivity index (χ0) is 13.3. The molecule has 2 bridgehead atoms. The standard InChI is InChI=1S/C15H24O3/c1-4-15(18-14(17)10(2)3)8-11-5-12(9-15)7-13(16)6-11/h11-13,16H,2,4-9H2,1,3H3. The maximum Gasteiger partial charge on any atom is 0.333 e. The van der Waals surface area contributed by atoms with Crippen LogP contribution in [0.25, 0.3) is 0 Å². The summed E-state index contributed by atoms with van der Waals surface area (Å²) in [4.78, 5) is 11.8. The van der Waals surface area contributed by atoms with Gasteiger partial charge in [-0.2, -0.15) is 0 Å². The topological polar surface area (TPSA) is 46.5 Å². The number of rotatable bonds is 3. The van der Waals surface area contributed by atoms with Crippen LogP contribution in [0.15, 0.2) is 12.2 Å². The fourth-order valence-corrected chi connectivity index (χ4v) is 3.73. The van der Waals surface area contributed by atoms with Gasteiger partial charge in [-0.05, 0) is 57.3 Å². The number of fused-ring (bicyclic) bond motifs is 2. The lowest BCUT2D eigenvalue weighted by Crippen LogP contribution is -2.46. The third kappa shape index (κ3) is 2.77. The zero-order valence-corrected chi connectivity index (χ0v) is 11.4. The highest BCUT2D eigenvalue weighted by atomic mass is 16.6. The van der Waals surface area contributed by atoms with Crippen LogP contribution in [0.5, 0.6) is 0 Å². The summed E-state index contributed by atoms with van der Waals surface area (Å²) in [5, 5.41) is 9.81. The van der Waals surface area contributed by atoms with Gasteiger partial charge in [0.15, 0.2) is 0 Å². The molecule has 2 atom stereocenters. The Bertz CT molecular complexity index is 330. The molecule has 2 aliphatic carbocycles. The van der Waals surface area contributed by atoms with E-state index in [4.69, 9.17) is 4.74 Å². The summed E-state index contributed by atoms with van der Waals surface area (Å²) in [7, 11) is 0. The van der Waals surface area contributed by atoms with Gasteiger partial charge in [0, 0.05) is 5.57 Å². The lowest BCUT2D eigenvalue weighted by atomic mass is 9.64. The Morgan fingerprint density at radius 2 is 1.89 bits per heavy atom. The van der Waals surface area contributed by atoms with Crippen molar-refractivity contribution in [3.05, 3.63) is 12.2 Å². The van der Waals surface area contributed by atoms with Crippen molar-refractivity contribution in [1.29, 1.82) is 0 Å². The second kappa shape index (κ2) is 5.04. The van der Waals surface area contributed by atoms with Gasteiger partial charge < -0.3 is 9.84 Å². The summed E-state index contributed by atoms with van der Waals surface area (Å²) in [6, 6.07) is 0. The summed E-state index contributed by atoms with van der Waals surface area (Å²) in [6.45, 7) is 7.44. The number of hydrogen-bond acceptors (Lipinski definition) is 3. The third-order valence-corrected chi connectivity index (χ3v) is 4.50. The van der Waals surface area contributed by atoms with Crippen molar-refractivity contribution in [3.8, 4) is 0 Å². The largest absolute Gasteiger partial charge is 0.456 e. The van der Waals surface area contributed by atoms with Crippen LogP contribution in [-0.4, -0.2) is 22.8 Å². The normalized spacial score (nSPS) is 39.2. The van der Waals surface area contributed by atoms with Crippen LogP contribution in [0.2, 0.25) is 0 Å². The summed E-state index contributed by atoms with van der Waals surface area (Å²) >= 11 is 0. The first-order valence-electron chi connectivity index (χ1n) is 7.01. The molecule has 1 N–H and O–H groups in total. The number of hydrogen-bond donors (Lipinski definition) is 1. The van der Waals surface area contributed by atoms with Gasteiger partial charge in [-0.3, -0.25) is 0 Å². The molecule has 0 radical (unpaired) electrons. The number of esters is 1. The molecule has 2 fully saturated rings. The number of ether oxygens (including phenoxy) is 1. The van der Waals surface area contributed by atoms with Crippen LogP contribution < -0.4 is 0 Å². The van der Waals surface area contributed by atoms with E-state index in [0.29, 0.717) is 17.4 Å². The van der Waals surface area contributed by atoms with E-state index in [2.05, 4.69) is 13.5 Å². The Hall–Kier alpha value is -0.830. The fourth-order valence-electron chi connectivity index (χ4n) is 3.73. The molecular weight excluding hydrogens is 228 g/mol. The fraction of sp³-hybridized carbons (Fsp3) is 0.800. The molecule has 0 amide bonds. The van der Waals surface area contributed by atoms with Gasteiger partial charge >= 0.3 is 5.97 Å². The number of carbonyl (C=O) groups excluding carboxylic acids is 1. The Kier molecular flexibility index (Phi) is 3.81. The van der Waals surface area contributed by atoms with Crippen molar-refractivity contribution in [2.45, 2.75) is 64.1 Å². The smallest absolute Gasteiger partial charge is 0.333 e. The molecule has 3 heteroatoms. The minimum Gasteiger partial charge on any atom is -0.456 e. The molecule has 0 spiro atoms. The van der Waals surface area contributed by atoms with E-state index in [-0.39, 0.29) is 17.7 Å². The van der Waals surface area contributed by atoms with E-state index in [1.165, 1.54) is 6.42 Å². The zero-order valence-electron chi connectivity index (χ0n) is 11.4. The molecule has 0 aliphatic heterocycles. The molecular formula is C15H24O3. The van der Waals surface area contributed by atoms with Crippen LogP contribution in [0.3, 0.4) is 0 Å². The van der Waals surface area contributed by atoms with E-state index in [1.54, 1.807) is 6.92 Å². The van der Waals surface area contributed by atoms with Gasteiger partial charge in [-0.15, -0.1) is 0 Å². The van der Waals surface area contributed by atoms with Crippen molar-refractivity contribution in [3.63, 3.8) is 0 Å². The maximum atomic E-state index is 11.8. The van der Waals surface area contributed by atoms with Crippen molar-refractivity contribution in [1.82, 2.24) is 0 Å². The van der Waals surface area contributed by atoms with Crippen LogP contribution in [0.4, 0.5) is 0 Å². The summed E-state index contributed by atoms with van der Waals surface area (Å²) in [6.07, 6.45) is 5.41. The van der Waals surface area contributed by atoms with E-state index < -0.39 is 0 Å². The average Bonchev–Trinajstić information content (AvgIpc) is 2.27. The molecule has 102 valence electrons. The Morgan fingerprint density at radius 1 is 1.33 bits per heavy atom. The van der Waals surface area contributed by atoms with Crippen molar-refractivity contribution >= 4 is 5.97 Å². The van der Waals surface area contributed by atoms with Crippen LogP contribution in [0, 0.1) is 11.8 Å². The van der Waals surface area contributed by atoms with Crippen molar-refractivity contribution < 1.29 is 14.6 Å². The number of aliphatic hydroxyl groups is 1. The van der Waals surface area contributed by atoms with Gasteiger partial charge in [0.1, 0.15) is 5.60 Å². The first kappa shape index (κ1) is 13.6. The third-order valence-electron chi connectivity index (χ3n) is 4.50. The summed E-state index contributed by atoms with van der Waals surface area (Å²) < 4.78 is 5.74. The number of aliphatic hydroxyl groups excluding tert-OH is 1. The predicted molar refractivity (Wildman–Crippen MR) is 70.0 cm³/mol. The van der Waals surface area contributed by atoms with E-state index in [1.807, 2.05) is 0 Å². The molecule has 3 nitrogen and oxygen atoms in total. The Morgan fingerprint density at radius 3 is 2.33 bits per heavy atom. The summed E-state index contributed by atoms with van der Waals surface area (Å²) in [5.41, 5.74) is 0.155. The first-order valence-corrected chi connectivity index (χ1v) is 7.01. The van der Waals surface area contributed by atoms with Gasteiger partial charge in [0.25, 0.3) is 0 Å². The van der Waals surface area contributed by atoms with Gasteiger partial charge in [0.05, 0.1) is 6.10 Å². The van der Waals surface area contributed by atoms with Crippen molar-refractivity contribution in [2.75, 3.05) is 0 Å². The maximum absolute atomic E-state index is 11.8. The average molecular weight is 252 g/mol. The SMILES string of the molecule is C=C(C)C(=O)OC1(CC)CC2CC(O)CC(C2)C1. The highest BCUT2D eigenvalue weighted by Gasteiger charge is 2.45. The van der Waals surface area contributed by atoms with Crippen LogP contribution >= 0.6 is 0 Å². The highest BCUT2D eigenvalue weighted by Crippen LogP contribution is 2.47. The van der Waals surface area contributed by atoms with E-state index in [9.17, 15) is 9.90 Å². The Balaban J connectivity index is 2.09. The molecule has 2 saturated carbocycles. The van der Waals surface area contributed by atoms with Gasteiger partial charge in [0.2, 0.25) is 0 Å². The Labute approximate surface area is 109 Å². The minimum atomic E-state index is -0.316. The lowest BCUT2D eigenvalue weighted by molar-refractivity contribution is -0.167. The van der Waals surface area contributed by atoms with Crippen molar-refractivity contribution in [2.24, 2.45) is 11.8 Å². The van der Waals surface area contributed by atoms with Gasteiger partial charge in [-0.1, -0.05) is 13.5 Å². The lowest BCUT2D eigenvalue weighted by Gasteiger charge is -2.47. The molecule has 0 aromatic rings. The predicted octanol–water partition coefficient (Wildman–Crippen LogP) is 2.83. The van der Waals surface area contributed by atoms with Gasteiger partial charge in [-0.25, -0.2) is 4.79 Å². The highest BCUT2D eigenvalue weighted by molar-refractivity contribution is 5.87. The first-order chi connectivity index (χ1) is 8.44. The van der Waals surface area contributed by atoms with Crippen LogP contribution in [0.1, 0.15) is 52.4 Å². The monoisotopic (exact) mass is 252 g/mol. The molecule has 0 aromatic carbocycles. The molecule has 18 heavy (non-hydrogen) atoms. The second-order valence-electron chi connectivity index (χ2n) is 6.21. The van der Waals surface area contributed by atoms with Crippen LogP contribution in [-0.2, 0) is 9.53 Å². The molecule has 2 unspecified atom stereocenters. The minimum absolute atomic E-state index is 0.152. The molecule has 0 heterocycles. The molecule has 2 rings (SSSR count). The molecule has 0 aromatic heterocycles.